The van der Waals surface area contributed by atoms with E-state index in [4.69, 9.17) is 5.26 Å². The lowest BCUT2D eigenvalue weighted by Crippen LogP contribution is -2.35. The van der Waals surface area contributed by atoms with Gasteiger partial charge in [-0.2, -0.15) is 5.26 Å². The largest absolute Gasteiger partial charge is 0.338 e. The van der Waals surface area contributed by atoms with Crippen molar-refractivity contribution in [1.29, 1.82) is 5.26 Å². The van der Waals surface area contributed by atoms with Crippen LogP contribution in [0.2, 0.25) is 0 Å². The Kier molecular flexibility index (Phi) is 2.05. The molecule has 1 aliphatic carbocycles. The minimum Gasteiger partial charge on any atom is -0.338 e. The highest BCUT2D eigenvalue weighted by atomic mass is 16.2. The van der Waals surface area contributed by atoms with Crippen molar-refractivity contribution in [3.05, 3.63) is 12.2 Å². The third kappa shape index (κ3) is 1.57. The maximum absolute atomic E-state index is 11.7. The van der Waals surface area contributed by atoms with Gasteiger partial charge < -0.3 is 4.90 Å². The van der Waals surface area contributed by atoms with Gasteiger partial charge in [-0.25, -0.2) is 0 Å². The van der Waals surface area contributed by atoms with E-state index in [1.807, 2.05) is 11.0 Å². The van der Waals surface area contributed by atoms with Crippen molar-refractivity contribution in [2.75, 3.05) is 13.1 Å². The molecule has 3 heteroatoms. The van der Waals surface area contributed by atoms with Gasteiger partial charge >= 0.3 is 0 Å². The molecule has 1 aliphatic heterocycles. The first-order valence-corrected chi connectivity index (χ1v) is 4.66. The van der Waals surface area contributed by atoms with E-state index in [1.54, 1.807) is 0 Å². The summed E-state index contributed by atoms with van der Waals surface area (Å²) in [5, 5.41) is 8.59. The normalized spacial score (nSPS) is 31.2. The zero-order valence-electron chi connectivity index (χ0n) is 7.44. The highest BCUT2D eigenvalue weighted by molar-refractivity contribution is 5.82. The molecule has 1 fully saturated rings. The molecule has 1 amide bonds. The van der Waals surface area contributed by atoms with E-state index in [1.165, 1.54) is 0 Å². The third-order valence-corrected chi connectivity index (χ3v) is 2.64. The Bertz CT molecular complexity index is 290. The summed E-state index contributed by atoms with van der Waals surface area (Å²) in [6, 6.07) is 2.14. The second-order valence-corrected chi connectivity index (χ2v) is 3.62. The van der Waals surface area contributed by atoms with Gasteiger partial charge in [0, 0.05) is 13.1 Å². The van der Waals surface area contributed by atoms with E-state index in [0.717, 1.165) is 25.9 Å². The van der Waals surface area contributed by atoms with Crippen LogP contribution in [0.3, 0.4) is 0 Å². The first-order chi connectivity index (χ1) is 6.33. The Morgan fingerprint density at radius 1 is 1.54 bits per heavy atom. The average molecular weight is 176 g/mol. The zero-order valence-corrected chi connectivity index (χ0v) is 7.44. The van der Waals surface area contributed by atoms with Crippen LogP contribution in [0, 0.1) is 23.2 Å². The van der Waals surface area contributed by atoms with Gasteiger partial charge in [0.15, 0.2) is 0 Å². The van der Waals surface area contributed by atoms with Crippen molar-refractivity contribution < 1.29 is 4.79 Å². The van der Waals surface area contributed by atoms with E-state index in [2.05, 4.69) is 12.1 Å². The molecule has 2 atom stereocenters. The monoisotopic (exact) mass is 176 g/mol. The molecule has 2 rings (SSSR count). The van der Waals surface area contributed by atoms with E-state index in [0.29, 0.717) is 0 Å². The van der Waals surface area contributed by atoms with Gasteiger partial charge in [-0.05, 0) is 12.8 Å². The van der Waals surface area contributed by atoms with Crippen molar-refractivity contribution in [3.63, 3.8) is 0 Å². The summed E-state index contributed by atoms with van der Waals surface area (Å²) < 4.78 is 0. The predicted molar refractivity (Wildman–Crippen MR) is 47.5 cm³/mol. The molecular formula is C10H12N2O. The van der Waals surface area contributed by atoms with Crippen LogP contribution >= 0.6 is 0 Å². The standard InChI is InChI=1S/C10H12N2O/c11-7-8-6-9(8)10(13)12-4-2-1-3-5-12/h1-2,8-9H,3-6H2/t8-,9+/m1/s1. The number of amides is 1. The van der Waals surface area contributed by atoms with Crippen LogP contribution in [0.1, 0.15) is 12.8 Å². The molecule has 0 radical (unpaired) electrons. The lowest BCUT2D eigenvalue weighted by Gasteiger charge is -2.23. The average Bonchev–Trinajstić information content (AvgIpc) is 2.97. The summed E-state index contributed by atoms with van der Waals surface area (Å²) in [5.41, 5.74) is 0. The van der Waals surface area contributed by atoms with Gasteiger partial charge in [0.2, 0.25) is 5.91 Å². The number of hydrogen-bond acceptors (Lipinski definition) is 2. The fraction of sp³-hybridized carbons (Fsp3) is 0.600. The fourth-order valence-corrected chi connectivity index (χ4v) is 1.69. The highest BCUT2D eigenvalue weighted by Gasteiger charge is 2.45. The van der Waals surface area contributed by atoms with E-state index in [-0.39, 0.29) is 17.7 Å². The minimum absolute atomic E-state index is 0.00148. The van der Waals surface area contributed by atoms with Gasteiger partial charge in [-0.1, -0.05) is 12.2 Å². The molecule has 3 nitrogen and oxygen atoms in total. The van der Waals surface area contributed by atoms with Crippen LogP contribution in [0.4, 0.5) is 0 Å². The number of carbonyl (C=O) groups excluding carboxylic acids is 1. The molecule has 0 saturated heterocycles. The van der Waals surface area contributed by atoms with E-state index in [9.17, 15) is 4.79 Å². The Morgan fingerprint density at radius 2 is 2.38 bits per heavy atom. The van der Waals surface area contributed by atoms with Crippen LogP contribution < -0.4 is 0 Å². The number of nitrogens with zero attached hydrogens (tertiary/aromatic N) is 2. The van der Waals surface area contributed by atoms with Crippen LogP contribution in [-0.2, 0) is 4.79 Å². The molecule has 68 valence electrons. The zero-order chi connectivity index (χ0) is 9.26. The highest BCUT2D eigenvalue weighted by Crippen LogP contribution is 2.39. The Labute approximate surface area is 77.6 Å². The number of rotatable bonds is 1. The smallest absolute Gasteiger partial charge is 0.227 e. The summed E-state index contributed by atoms with van der Waals surface area (Å²) in [5.74, 6) is 0.186. The molecule has 1 saturated carbocycles. The Morgan fingerprint density at radius 3 is 2.92 bits per heavy atom. The van der Waals surface area contributed by atoms with Crippen LogP contribution in [0.25, 0.3) is 0 Å². The second kappa shape index (κ2) is 3.21. The van der Waals surface area contributed by atoms with E-state index < -0.39 is 0 Å². The maximum Gasteiger partial charge on any atom is 0.227 e. The summed E-state index contributed by atoms with van der Waals surface area (Å²) >= 11 is 0. The molecule has 0 bridgehead atoms. The molecule has 0 aromatic carbocycles. The first kappa shape index (κ1) is 8.31. The lowest BCUT2D eigenvalue weighted by atomic mass is 10.2. The summed E-state index contributed by atoms with van der Waals surface area (Å²) in [6.45, 7) is 1.55. The molecule has 0 aromatic rings. The molecule has 1 heterocycles. The van der Waals surface area contributed by atoms with Gasteiger partial charge in [0.1, 0.15) is 0 Å². The van der Waals surface area contributed by atoms with Gasteiger partial charge in [-0.3, -0.25) is 4.79 Å². The molecule has 0 unspecified atom stereocenters. The molecule has 13 heavy (non-hydrogen) atoms. The van der Waals surface area contributed by atoms with Crippen LogP contribution in [0.5, 0.6) is 0 Å². The SMILES string of the molecule is N#C[C@H]1C[C@@H]1C(=O)N1CC=CCC1. The number of hydrogen-bond donors (Lipinski definition) is 0. The summed E-state index contributed by atoms with van der Waals surface area (Å²) in [4.78, 5) is 13.5. The fourth-order valence-electron chi connectivity index (χ4n) is 1.69. The summed E-state index contributed by atoms with van der Waals surface area (Å²) in [7, 11) is 0. The lowest BCUT2D eigenvalue weighted by molar-refractivity contribution is -0.132. The topological polar surface area (TPSA) is 44.1 Å². The minimum atomic E-state index is -0.00148. The molecule has 2 aliphatic rings. The third-order valence-electron chi connectivity index (χ3n) is 2.64. The predicted octanol–water partition coefficient (Wildman–Crippen LogP) is 0.935. The molecule has 0 aromatic heterocycles. The van der Waals surface area contributed by atoms with Gasteiger partial charge in [0.25, 0.3) is 0 Å². The Balaban J connectivity index is 1.91. The van der Waals surface area contributed by atoms with E-state index >= 15 is 0 Å². The van der Waals surface area contributed by atoms with Crippen molar-refractivity contribution >= 4 is 5.91 Å². The first-order valence-electron chi connectivity index (χ1n) is 4.66. The quantitative estimate of drug-likeness (QED) is 0.558. The molecular weight excluding hydrogens is 164 g/mol. The Hall–Kier alpha value is -1.30. The van der Waals surface area contributed by atoms with Crippen molar-refractivity contribution in [1.82, 2.24) is 4.90 Å². The second-order valence-electron chi connectivity index (χ2n) is 3.62. The number of carbonyl (C=O) groups is 1. The molecule has 0 spiro atoms. The van der Waals surface area contributed by atoms with Gasteiger partial charge in [0.05, 0.1) is 17.9 Å². The maximum atomic E-state index is 11.7. The molecule has 0 N–H and O–H groups in total. The van der Waals surface area contributed by atoms with Crippen molar-refractivity contribution in [2.24, 2.45) is 11.8 Å². The van der Waals surface area contributed by atoms with Crippen LogP contribution in [-0.4, -0.2) is 23.9 Å². The van der Waals surface area contributed by atoms with Crippen molar-refractivity contribution in [3.8, 4) is 6.07 Å². The van der Waals surface area contributed by atoms with Crippen LogP contribution in [0.15, 0.2) is 12.2 Å². The van der Waals surface area contributed by atoms with Gasteiger partial charge in [-0.15, -0.1) is 0 Å². The number of nitriles is 1. The summed E-state index contributed by atoms with van der Waals surface area (Å²) in [6.07, 6.45) is 5.84. The van der Waals surface area contributed by atoms with Crippen molar-refractivity contribution in [2.45, 2.75) is 12.8 Å².